The zero-order valence-electron chi connectivity index (χ0n) is 19.6. The fourth-order valence-electron chi connectivity index (χ4n) is 5.11. The van der Waals surface area contributed by atoms with Crippen LogP contribution in [0.1, 0.15) is 37.7 Å². The fraction of sp³-hybridized carbons (Fsp3) is 0.321. The summed E-state index contributed by atoms with van der Waals surface area (Å²) in [5, 5.41) is 11.0. The Kier molecular flexibility index (Phi) is 6.45. The number of aliphatic hydroxyl groups excluding tert-OH is 1. The van der Waals surface area contributed by atoms with E-state index in [2.05, 4.69) is 47.4 Å². The molecule has 180 valence electrons. The number of nitrogens with zero attached hydrogens (tertiary/aromatic N) is 4. The Hall–Kier alpha value is -3.06. The molecule has 0 spiro atoms. The molecule has 6 rings (SSSR count). The molecule has 0 bridgehead atoms. The minimum atomic E-state index is -0.336. The largest absolute Gasteiger partial charge is 0.391 e. The molecule has 1 saturated carbocycles. The van der Waals surface area contributed by atoms with Crippen LogP contribution in [-0.2, 0) is 5.54 Å². The lowest BCUT2D eigenvalue weighted by Crippen LogP contribution is -2.43. The molecular weight excluding hydrogens is 458 g/mol. The zero-order chi connectivity index (χ0) is 23.1. The monoisotopic (exact) mass is 487 g/mol. The van der Waals surface area contributed by atoms with Gasteiger partial charge in [0.25, 0.3) is 0 Å². The van der Waals surface area contributed by atoms with Gasteiger partial charge >= 0.3 is 0 Å². The quantitative estimate of drug-likeness (QED) is 0.417. The summed E-state index contributed by atoms with van der Waals surface area (Å²) in [4.78, 5) is 16.5. The van der Waals surface area contributed by atoms with Crippen LogP contribution in [-0.4, -0.2) is 39.3 Å². The highest BCUT2D eigenvalue weighted by Gasteiger charge is 2.34. The molecule has 1 unspecified atom stereocenters. The van der Waals surface area contributed by atoms with Gasteiger partial charge in [0.05, 0.1) is 11.8 Å². The predicted molar refractivity (Wildman–Crippen MR) is 143 cm³/mol. The summed E-state index contributed by atoms with van der Waals surface area (Å²) in [6.07, 6.45) is 6.55. The molecule has 3 N–H and O–H groups in total. The Bertz CT molecular complexity index is 1320. The zero-order valence-corrected chi connectivity index (χ0v) is 20.4. The van der Waals surface area contributed by atoms with Gasteiger partial charge in [-0.1, -0.05) is 54.6 Å². The van der Waals surface area contributed by atoms with Gasteiger partial charge in [0, 0.05) is 41.3 Å². The molecule has 2 aromatic heterocycles. The van der Waals surface area contributed by atoms with E-state index in [4.69, 9.17) is 15.7 Å². The van der Waals surface area contributed by atoms with E-state index in [1.165, 1.54) is 12.0 Å². The van der Waals surface area contributed by atoms with E-state index in [1.807, 2.05) is 29.3 Å². The van der Waals surface area contributed by atoms with Gasteiger partial charge in [0.1, 0.15) is 0 Å². The van der Waals surface area contributed by atoms with E-state index in [1.54, 1.807) is 0 Å². The summed E-state index contributed by atoms with van der Waals surface area (Å²) in [6, 6.07) is 21.0. The summed E-state index contributed by atoms with van der Waals surface area (Å²) in [5.41, 5.74) is 12.3. The second-order valence-electron chi connectivity index (χ2n) is 9.66. The van der Waals surface area contributed by atoms with Crippen molar-refractivity contribution < 1.29 is 5.11 Å². The standard InChI is InChI=1S/C28H29N5O.ClH/c29-28(13-5-14-28)22-11-9-20(10-12-22)25-24(19-6-2-1-3-7-19)16-21-17-30-27(32-26(21)31-25)33-15-4-8-23(34)18-33;/h1-3,6-7,9-12,16-17,23,34H,4-5,8,13-15,18,29H2;1H. The molecule has 2 aromatic carbocycles. The lowest BCUT2D eigenvalue weighted by Gasteiger charge is -2.38. The first-order valence-corrected chi connectivity index (χ1v) is 12.2. The Labute approximate surface area is 211 Å². The van der Waals surface area contributed by atoms with Gasteiger partial charge in [0.2, 0.25) is 5.95 Å². The molecule has 6 nitrogen and oxygen atoms in total. The lowest BCUT2D eigenvalue weighted by atomic mass is 9.72. The molecule has 7 heteroatoms. The number of benzene rings is 2. The van der Waals surface area contributed by atoms with E-state index < -0.39 is 0 Å². The van der Waals surface area contributed by atoms with Gasteiger partial charge in [-0.3, -0.25) is 0 Å². The Morgan fingerprint density at radius 1 is 0.943 bits per heavy atom. The van der Waals surface area contributed by atoms with Gasteiger partial charge < -0.3 is 15.7 Å². The number of nitrogens with two attached hydrogens (primary N) is 1. The third-order valence-corrected chi connectivity index (χ3v) is 7.30. The second kappa shape index (κ2) is 9.53. The number of hydrogen-bond donors (Lipinski definition) is 2. The summed E-state index contributed by atoms with van der Waals surface area (Å²) in [5.74, 6) is 0.627. The smallest absolute Gasteiger partial charge is 0.227 e. The van der Waals surface area contributed by atoms with Gasteiger partial charge in [-0.05, 0) is 49.3 Å². The molecule has 2 aliphatic rings. The van der Waals surface area contributed by atoms with E-state index in [9.17, 15) is 5.11 Å². The van der Waals surface area contributed by atoms with Gasteiger partial charge in [-0.2, -0.15) is 4.98 Å². The highest BCUT2D eigenvalue weighted by atomic mass is 35.5. The molecule has 1 aliphatic heterocycles. The molecule has 35 heavy (non-hydrogen) atoms. The molecule has 0 radical (unpaired) electrons. The van der Waals surface area contributed by atoms with Crippen molar-refractivity contribution in [3.8, 4) is 22.4 Å². The third-order valence-electron chi connectivity index (χ3n) is 7.30. The van der Waals surface area contributed by atoms with Gasteiger partial charge in [-0.25, -0.2) is 9.97 Å². The predicted octanol–water partition coefficient (Wildman–Crippen LogP) is 5.08. The van der Waals surface area contributed by atoms with E-state index in [0.717, 1.165) is 60.0 Å². The minimum absolute atomic E-state index is 0. The van der Waals surface area contributed by atoms with Crippen LogP contribution in [0.3, 0.4) is 0 Å². The summed E-state index contributed by atoms with van der Waals surface area (Å²) >= 11 is 0. The Balaban J connectivity index is 0.00000253. The number of rotatable bonds is 4. The molecule has 1 aliphatic carbocycles. The molecule has 4 aromatic rings. The van der Waals surface area contributed by atoms with Crippen LogP contribution in [0.5, 0.6) is 0 Å². The number of aromatic nitrogens is 3. The minimum Gasteiger partial charge on any atom is -0.391 e. The molecule has 1 atom stereocenters. The summed E-state index contributed by atoms with van der Waals surface area (Å²) in [6.45, 7) is 1.41. The van der Waals surface area contributed by atoms with Crippen molar-refractivity contribution in [3.63, 3.8) is 0 Å². The van der Waals surface area contributed by atoms with Crippen molar-refractivity contribution in [2.45, 2.75) is 43.7 Å². The molecular formula is C28H30ClN5O. The van der Waals surface area contributed by atoms with Crippen LogP contribution < -0.4 is 10.6 Å². The number of β-amino-alcohol motifs (C(OH)–C–C–N with tert-alkyl or cyclic N) is 1. The fourth-order valence-corrected chi connectivity index (χ4v) is 5.11. The SMILES string of the molecule is Cl.NC1(c2ccc(-c3nc4nc(N5CCCC(O)C5)ncc4cc3-c3ccccc3)cc2)CCC1. The van der Waals surface area contributed by atoms with Crippen LogP contribution >= 0.6 is 12.4 Å². The summed E-state index contributed by atoms with van der Waals surface area (Å²) in [7, 11) is 0. The van der Waals surface area contributed by atoms with Crippen molar-refractivity contribution >= 4 is 29.4 Å². The first-order valence-electron chi connectivity index (χ1n) is 12.2. The topological polar surface area (TPSA) is 88.2 Å². The first kappa shape index (κ1) is 23.7. The van der Waals surface area contributed by atoms with Crippen molar-refractivity contribution in [1.82, 2.24) is 15.0 Å². The van der Waals surface area contributed by atoms with Crippen molar-refractivity contribution in [1.29, 1.82) is 0 Å². The number of pyridine rings is 1. The molecule has 0 amide bonds. The average Bonchev–Trinajstić information content (AvgIpc) is 2.87. The van der Waals surface area contributed by atoms with Crippen LogP contribution in [0.15, 0.2) is 66.9 Å². The van der Waals surface area contributed by atoms with Gasteiger partial charge in [0.15, 0.2) is 5.65 Å². The van der Waals surface area contributed by atoms with Crippen molar-refractivity contribution in [2.75, 3.05) is 18.0 Å². The Morgan fingerprint density at radius 3 is 2.40 bits per heavy atom. The molecule has 3 heterocycles. The highest BCUT2D eigenvalue weighted by Crippen LogP contribution is 2.40. The van der Waals surface area contributed by atoms with Crippen molar-refractivity contribution in [2.24, 2.45) is 5.73 Å². The number of halogens is 1. The normalized spacial score (nSPS) is 19.1. The number of hydrogen-bond acceptors (Lipinski definition) is 6. The third kappa shape index (κ3) is 4.49. The van der Waals surface area contributed by atoms with Crippen LogP contribution in [0.4, 0.5) is 5.95 Å². The summed E-state index contributed by atoms with van der Waals surface area (Å²) < 4.78 is 0. The highest BCUT2D eigenvalue weighted by molar-refractivity contribution is 5.90. The Morgan fingerprint density at radius 2 is 1.71 bits per heavy atom. The van der Waals surface area contributed by atoms with E-state index in [0.29, 0.717) is 18.1 Å². The maximum atomic E-state index is 10.1. The maximum Gasteiger partial charge on any atom is 0.227 e. The number of anilines is 1. The lowest BCUT2D eigenvalue weighted by molar-refractivity contribution is 0.153. The number of piperidine rings is 1. The second-order valence-corrected chi connectivity index (χ2v) is 9.66. The maximum absolute atomic E-state index is 10.1. The number of fused-ring (bicyclic) bond motifs is 1. The molecule has 1 saturated heterocycles. The molecule has 2 fully saturated rings. The van der Waals surface area contributed by atoms with Crippen LogP contribution in [0.25, 0.3) is 33.4 Å². The van der Waals surface area contributed by atoms with Gasteiger partial charge in [-0.15, -0.1) is 12.4 Å². The van der Waals surface area contributed by atoms with E-state index >= 15 is 0 Å². The first-order chi connectivity index (χ1) is 16.6. The average molecular weight is 488 g/mol. The number of aliphatic hydroxyl groups is 1. The van der Waals surface area contributed by atoms with E-state index in [-0.39, 0.29) is 24.0 Å². The van der Waals surface area contributed by atoms with Crippen molar-refractivity contribution in [3.05, 3.63) is 72.4 Å². The van der Waals surface area contributed by atoms with Crippen LogP contribution in [0.2, 0.25) is 0 Å². The van der Waals surface area contributed by atoms with Crippen LogP contribution in [0, 0.1) is 0 Å².